The monoisotopic (exact) mass is 1100 g/mol. The zero-order valence-corrected chi connectivity index (χ0v) is 53.5. The first kappa shape index (κ1) is 76.4. The second-order valence-corrected chi connectivity index (χ2v) is 24.9. The molecule has 0 aromatic heterocycles. The average Bonchev–Trinajstić information content (AvgIpc) is 3.44. The molecule has 464 valence electrons. The minimum atomic E-state index is -0.761. The quantitative estimate of drug-likeness (QED) is 0.0343. The predicted octanol–water partition coefficient (Wildman–Crippen LogP) is 24.6. The van der Waals surface area contributed by atoms with Crippen molar-refractivity contribution in [3.63, 3.8) is 0 Å². The minimum Gasteiger partial charge on any atom is -0.462 e. The molecule has 1 unspecified atom stereocenters. The predicted molar refractivity (Wildman–Crippen MR) is 340 cm³/mol. The fourth-order valence-corrected chi connectivity index (χ4v) is 11.5. The van der Waals surface area contributed by atoms with Gasteiger partial charge in [0.1, 0.15) is 13.2 Å². The highest BCUT2D eigenvalue weighted by Gasteiger charge is 2.19. The molecule has 78 heavy (non-hydrogen) atoms. The molecule has 0 spiro atoms. The molecule has 0 saturated heterocycles. The van der Waals surface area contributed by atoms with Gasteiger partial charge in [-0.3, -0.25) is 14.4 Å². The Morgan fingerprint density at radius 1 is 0.205 bits per heavy atom. The van der Waals surface area contributed by atoms with E-state index in [1.165, 1.54) is 327 Å². The maximum atomic E-state index is 12.8. The second kappa shape index (κ2) is 67.9. The van der Waals surface area contributed by atoms with E-state index in [1.54, 1.807) is 0 Å². The summed E-state index contributed by atoms with van der Waals surface area (Å²) in [7, 11) is 0. The Bertz CT molecular complexity index is 1170. The van der Waals surface area contributed by atoms with E-state index in [4.69, 9.17) is 14.2 Å². The summed E-state index contributed by atoms with van der Waals surface area (Å²) in [5.74, 6) is -0.839. The van der Waals surface area contributed by atoms with Gasteiger partial charge in [0, 0.05) is 19.3 Å². The molecular weight excluding hydrogens is 961 g/mol. The van der Waals surface area contributed by atoms with Gasteiger partial charge in [-0.15, -0.1) is 0 Å². The van der Waals surface area contributed by atoms with Gasteiger partial charge >= 0.3 is 17.9 Å². The van der Waals surface area contributed by atoms with E-state index in [-0.39, 0.29) is 31.1 Å². The summed E-state index contributed by atoms with van der Waals surface area (Å²) in [4.78, 5) is 38.1. The Morgan fingerprint density at radius 2 is 0.346 bits per heavy atom. The molecule has 0 aromatic carbocycles. The molecule has 0 aliphatic carbocycles. The maximum absolute atomic E-state index is 12.8. The lowest BCUT2D eigenvalue weighted by atomic mass is 10.0. The van der Waals surface area contributed by atoms with Crippen LogP contribution >= 0.6 is 0 Å². The van der Waals surface area contributed by atoms with Crippen LogP contribution in [0.1, 0.15) is 425 Å². The first-order valence-corrected chi connectivity index (χ1v) is 36.0. The first-order chi connectivity index (χ1) is 38.5. The van der Waals surface area contributed by atoms with Crippen LogP contribution in [-0.2, 0) is 28.6 Å². The van der Waals surface area contributed by atoms with Crippen LogP contribution in [0.5, 0.6) is 0 Å². The van der Waals surface area contributed by atoms with E-state index in [1.807, 2.05) is 0 Å². The molecule has 0 amide bonds. The number of carbonyl (C=O) groups is 3. The smallest absolute Gasteiger partial charge is 0.306 e. The number of ether oxygens (including phenoxy) is 3. The highest BCUT2D eigenvalue weighted by Crippen LogP contribution is 2.20. The fourth-order valence-electron chi connectivity index (χ4n) is 11.5. The molecule has 0 heterocycles. The first-order valence-electron chi connectivity index (χ1n) is 36.0. The van der Waals surface area contributed by atoms with Crippen molar-refractivity contribution in [2.45, 2.75) is 431 Å². The van der Waals surface area contributed by atoms with Gasteiger partial charge in [0.2, 0.25) is 0 Å². The van der Waals surface area contributed by atoms with Gasteiger partial charge < -0.3 is 14.2 Å². The summed E-state index contributed by atoms with van der Waals surface area (Å²) in [5.41, 5.74) is 0. The van der Waals surface area contributed by atoms with Crippen LogP contribution in [0.2, 0.25) is 0 Å². The number of hydrogen-bond acceptors (Lipinski definition) is 6. The molecule has 1 atom stereocenters. The van der Waals surface area contributed by atoms with Gasteiger partial charge in [-0.1, -0.05) is 387 Å². The van der Waals surface area contributed by atoms with Gasteiger partial charge in [0.25, 0.3) is 0 Å². The van der Waals surface area contributed by atoms with E-state index in [0.717, 1.165) is 57.8 Å². The molecular formula is C72H140O6. The molecule has 0 N–H and O–H groups in total. The summed E-state index contributed by atoms with van der Waals surface area (Å²) in [6.45, 7) is 6.67. The van der Waals surface area contributed by atoms with Crippen molar-refractivity contribution in [3.8, 4) is 0 Å². The standard InChI is InChI=1S/C72H140O6/c1-4-7-10-13-16-18-20-22-24-26-28-29-30-31-32-33-34-35-36-37-38-39-40-41-42-43-45-46-48-50-52-54-56-59-62-65-71(74)77-68-69(67-76-70(73)64-61-58-15-12-9-6-3)78-72(75)66-63-60-57-55-53-51-49-47-44-27-25-23-21-19-17-14-11-8-5-2/h69H,4-68H2,1-3H3. The van der Waals surface area contributed by atoms with Gasteiger partial charge in [-0.05, 0) is 19.3 Å². The van der Waals surface area contributed by atoms with Crippen molar-refractivity contribution in [2.75, 3.05) is 13.2 Å². The normalized spacial score (nSPS) is 11.9. The van der Waals surface area contributed by atoms with E-state index in [0.29, 0.717) is 19.3 Å². The SMILES string of the molecule is CCCCCCCCCCCCCCCCCCCCCCCCCCCCCCCCCCCCCC(=O)OCC(COC(=O)CCCCCCCC)OC(=O)CCCCCCCCCCCCCCCCCCCCC. The third-order valence-electron chi connectivity index (χ3n) is 16.9. The summed E-state index contributed by atoms with van der Waals surface area (Å²) in [5, 5.41) is 0. The summed E-state index contributed by atoms with van der Waals surface area (Å²) >= 11 is 0. The molecule has 6 nitrogen and oxygen atoms in total. The van der Waals surface area contributed by atoms with Crippen LogP contribution < -0.4 is 0 Å². The number of carbonyl (C=O) groups excluding carboxylic acids is 3. The molecule has 0 rings (SSSR count). The summed E-state index contributed by atoms with van der Waals surface area (Å²) in [6.07, 6.45) is 80.6. The van der Waals surface area contributed by atoms with Gasteiger partial charge in [0.05, 0.1) is 0 Å². The van der Waals surface area contributed by atoms with Crippen LogP contribution in [0.15, 0.2) is 0 Å². The summed E-state index contributed by atoms with van der Waals surface area (Å²) < 4.78 is 16.9. The number of hydrogen-bond donors (Lipinski definition) is 0. The van der Waals surface area contributed by atoms with Crippen LogP contribution in [0.3, 0.4) is 0 Å². The Labute approximate surface area is 488 Å². The Morgan fingerprint density at radius 3 is 0.513 bits per heavy atom. The average molecular weight is 1100 g/mol. The molecule has 0 aromatic rings. The largest absolute Gasteiger partial charge is 0.462 e. The molecule has 0 aliphatic heterocycles. The molecule has 0 fully saturated rings. The van der Waals surface area contributed by atoms with Crippen molar-refractivity contribution in [1.82, 2.24) is 0 Å². The second-order valence-electron chi connectivity index (χ2n) is 24.9. The highest BCUT2D eigenvalue weighted by molar-refractivity contribution is 5.71. The third-order valence-corrected chi connectivity index (χ3v) is 16.9. The lowest BCUT2D eigenvalue weighted by Gasteiger charge is -2.18. The number of rotatable bonds is 68. The topological polar surface area (TPSA) is 78.9 Å². The Hall–Kier alpha value is -1.59. The fraction of sp³-hybridized carbons (Fsp3) is 0.958. The molecule has 6 heteroatoms. The Balaban J connectivity index is 3.85. The van der Waals surface area contributed by atoms with Crippen molar-refractivity contribution in [3.05, 3.63) is 0 Å². The minimum absolute atomic E-state index is 0.0618. The van der Waals surface area contributed by atoms with Crippen LogP contribution in [0, 0.1) is 0 Å². The Kier molecular flexibility index (Phi) is 66.5. The van der Waals surface area contributed by atoms with E-state index in [9.17, 15) is 14.4 Å². The van der Waals surface area contributed by atoms with Gasteiger partial charge in [-0.2, -0.15) is 0 Å². The van der Waals surface area contributed by atoms with Crippen molar-refractivity contribution in [1.29, 1.82) is 0 Å². The van der Waals surface area contributed by atoms with Crippen LogP contribution in [0.25, 0.3) is 0 Å². The zero-order valence-electron chi connectivity index (χ0n) is 53.5. The molecule has 0 bridgehead atoms. The zero-order chi connectivity index (χ0) is 56.4. The number of unbranched alkanes of at least 4 members (excludes halogenated alkanes) is 57. The maximum Gasteiger partial charge on any atom is 0.306 e. The van der Waals surface area contributed by atoms with Gasteiger partial charge in [-0.25, -0.2) is 0 Å². The van der Waals surface area contributed by atoms with Crippen molar-refractivity contribution >= 4 is 17.9 Å². The third kappa shape index (κ3) is 65.2. The summed E-state index contributed by atoms with van der Waals surface area (Å²) in [6, 6.07) is 0. The molecule has 0 aliphatic rings. The van der Waals surface area contributed by atoms with Gasteiger partial charge in [0.15, 0.2) is 6.10 Å². The van der Waals surface area contributed by atoms with E-state index >= 15 is 0 Å². The van der Waals surface area contributed by atoms with Crippen molar-refractivity contribution in [2.24, 2.45) is 0 Å². The highest BCUT2D eigenvalue weighted by atomic mass is 16.6. The molecule has 0 saturated carbocycles. The lowest BCUT2D eigenvalue weighted by molar-refractivity contribution is -0.167. The van der Waals surface area contributed by atoms with E-state index < -0.39 is 6.10 Å². The molecule has 0 radical (unpaired) electrons. The van der Waals surface area contributed by atoms with Crippen molar-refractivity contribution < 1.29 is 28.6 Å². The van der Waals surface area contributed by atoms with Crippen LogP contribution in [-0.4, -0.2) is 37.2 Å². The van der Waals surface area contributed by atoms with Crippen LogP contribution in [0.4, 0.5) is 0 Å². The lowest BCUT2D eigenvalue weighted by Crippen LogP contribution is -2.30. The number of esters is 3. The van der Waals surface area contributed by atoms with E-state index in [2.05, 4.69) is 20.8 Å².